The molecule has 0 radical (unpaired) electrons. The molecular weight excluding hydrogens is 452 g/mol. The summed E-state index contributed by atoms with van der Waals surface area (Å²) in [6.07, 6.45) is 0.833. The highest BCUT2D eigenvalue weighted by atomic mass is 35.5. The largest absolute Gasteiger partial charge is 0.353 e. The second-order valence-corrected chi connectivity index (χ2v) is 8.85. The molecule has 1 aromatic carbocycles. The average molecular weight is 487 g/mol. The highest BCUT2D eigenvalue weighted by molar-refractivity contribution is 6.33. The van der Waals surface area contributed by atoms with Gasteiger partial charge >= 0.3 is 0 Å². The van der Waals surface area contributed by atoms with E-state index in [1.54, 1.807) is 4.90 Å². The molecule has 2 heterocycles. The molecule has 1 saturated heterocycles. The third-order valence-corrected chi connectivity index (χ3v) is 6.65. The zero-order valence-corrected chi connectivity index (χ0v) is 21.2. The molecule has 1 aliphatic heterocycles. The highest BCUT2D eigenvalue weighted by Crippen LogP contribution is 2.26. The van der Waals surface area contributed by atoms with Gasteiger partial charge in [-0.15, -0.1) is 10.2 Å². The van der Waals surface area contributed by atoms with Crippen molar-refractivity contribution in [3.8, 4) is 11.3 Å². The van der Waals surface area contributed by atoms with Crippen molar-refractivity contribution in [3.63, 3.8) is 0 Å². The quantitative estimate of drug-likeness (QED) is 0.542. The van der Waals surface area contributed by atoms with E-state index in [4.69, 9.17) is 11.6 Å². The summed E-state index contributed by atoms with van der Waals surface area (Å²) >= 11 is 6.28. The summed E-state index contributed by atoms with van der Waals surface area (Å²) < 4.78 is 0. The van der Waals surface area contributed by atoms with Crippen molar-refractivity contribution in [2.45, 2.75) is 27.2 Å². The molecule has 0 N–H and O–H groups in total. The lowest BCUT2D eigenvalue weighted by molar-refractivity contribution is -0.139. The van der Waals surface area contributed by atoms with Crippen LogP contribution in [0.4, 0.5) is 5.82 Å². The summed E-state index contributed by atoms with van der Waals surface area (Å²) in [7, 11) is 0. The summed E-state index contributed by atoms with van der Waals surface area (Å²) in [4.78, 5) is 33.0. The van der Waals surface area contributed by atoms with Gasteiger partial charge in [0.15, 0.2) is 5.82 Å². The molecule has 1 fully saturated rings. The molecule has 9 heteroatoms. The molecule has 2 amide bonds. The van der Waals surface area contributed by atoms with E-state index in [0.29, 0.717) is 31.2 Å². The topological polar surface area (TPSA) is 72.9 Å². The molecule has 3 rings (SSSR count). The fraction of sp³-hybridized carbons (Fsp3) is 0.520. The fourth-order valence-corrected chi connectivity index (χ4v) is 4.35. The van der Waals surface area contributed by atoms with Crippen LogP contribution in [0, 0.1) is 0 Å². The Bertz CT molecular complexity index is 951. The van der Waals surface area contributed by atoms with Gasteiger partial charge in [-0.05, 0) is 37.7 Å². The molecule has 184 valence electrons. The van der Waals surface area contributed by atoms with E-state index in [9.17, 15) is 9.59 Å². The van der Waals surface area contributed by atoms with Crippen molar-refractivity contribution in [1.29, 1.82) is 0 Å². The van der Waals surface area contributed by atoms with Gasteiger partial charge in [0, 0.05) is 51.8 Å². The molecule has 1 aliphatic rings. The standard InChI is InChI=1S/C25H35ClN6O2/c1-4-29(5-2)15-16-32(20(3)33)19-25(34)31-14-8-13-30(17-18-31)24-12-11-23(27-28-24)21-9-6-7-10-22(21)26/h6-7,9-12H,4-5,8,13-19H2,1-3H3. The first-order valence-electron chi connectivity index (χ1n) is 12.0. The number of hydrogen-bond acceptors (Lipinski definition) is 6. The molecule has 2 aromatic rings. The maximum Gasteiger partial charge on any atom is 0.242 e. The first-order valence-corrected chi connectivity index (χ1v) is 12.4. The number of aromatic nitrogens is 2. The summed E-state index contributed by atoms with van der Waals surface area (Å²) in [6, 6.07) is 11.5. The number of hydrogen-bond donors (Lipinski definition) is 0. The first-order chi connectivity index (χ1) is 16.4. The van der Waals surface area contributed by atoms with Crippen LogP contribution in [-0.4, -0.2) is 95.6 Å². The highest BCUT2D eigenvalue weighted by Gasteiger charge is 2.23. The van der Waals surface area contributed by atoms with E-state index < -0.39 is 0 Å². The zero-order chi connectivity index (χ0) is 24.5. The smallest absolute Gasteiger partial charge is 0.242 e. The number of rotatable bonds is 9. The average Bonchev–Trinajstić information content (AvgIpc) is 3.10. The minimum absolute atomic E-state index is 0.00301. The third kappa shape index (κ3) is 6.90. The van der Waals surface area contributed by atoms with Crippen LogP contribution in [0.2, 0.25) is 5.02 Å². The van der Waals surface area contributed by atoms with Crippen molar-refractivity contribution < 1.29 is 9.59 Å². The molecule has 1 aromatic heterocycles. The maximum atomic E-state index is 13.0. The van der Waals surface area contributed by atoms with Crippen LogP contribution in [0.15, 0.2) is 36.4 Å². The molecule has 0 unspecified atom stereocenters. The van der Waals surface area contributed by atoms with Crippen molar-refractivity contribution >= 4 is 29.2 Å². The van der Waals surface area contributed by atoms with Gasteiger partial charge in [-0.25, -0.2) is 0 Å². The van der Waals surface area contributed by atoms with Crippen LogP contribution in [0.25, 0.3) is 11.3 Å². The number of amides is 2. The molecule has 0 aliphatic carbocycles. The Kier molecular flexibility index (Phi) is 9.65. The number of halogens is 1. The van der Waals surface area contributed by atoms with E-state index in [-0.39, 0.29) is 18.4 Å². The molecule has 0 atom stereocenters. The van der Waals surface area contributed by atoms with Crippen LogP contribution in [0.5, 0.6) is 0 Å². The van der Waals surface area contributed by atoms with Gasteiger partial charge in [-0.3, -0.25) is 9.59 Å². The zero-order valence-electron chi connectivity index (χ0n) is 20.4. The number of carbonyl (C=O) groups is 2. The van der Waals surface area contributed by atoms with Gasteiger partial charge in [0.05, 0.1) is 17.3 Å². The number of anilines is 1. The van der Waals surface area contributed by atoms with Crippen LogP contribution in [-0.2, 0) is 9.59 Å². The number of nitrogens with zero attached hydrogens (tertiary/aromatic N) is 6. The Morgan fingerprint density at radius 1 is 0.971 bits per heavy atom. The Labute approximate surface area is 207 Å². The van der Waals surface area contributed by atoms with E-state index in [2.05, 4.69) is 33.8 Å². The maximum absolute atomic E-state index is 13.0. The van der Waals surface area contributed by atoms with Crippen LogP contribution >= 0.6 is 11.6 Å². The molecule has 0 bridgehead atoms. The molecular formula is C25H35ClN6O2. The summed E-state index contributed by atoms with van der Waals surface area (Å²) in [5.41, 5.74) is 1.59. The lowest BCUT2D eigenvalue weighted by atomic mass is 10.1. The molecule has 0 spiro atoms. The summed E-state index contributed by atoms with van der Waals surface area (Å²) in [5, 5.41) is 9.43. The molecule has 0 saturated carbocycles. The lowest BCUT2D eigenvalue weighted by Gasteiger charge is -2.28. The minimum Gasteiger partial charge on any atom is -0.353 e. The van der Waals surface area contributed by atoms with Crippen LogP contribution in [0.3, 0.4) is 0 Å². The van der Waals surface area contributed by atoms with Gasteiger partial charge in [-0.1, -0.05) is 43.6 Å². The fourth-order valence-electron chi connectivity index (χ4n) is 4.12. The Balaban J connectivity index is 1.57. The predicted octanol–water partition coefficient (Wildman–Crippen LogP) is 3.03. The van der Waals surface area contributed by atoms with E-state index >= 15 is 0 Å². The number of likely N-dealkylation sites (N-methyl/N-ethyl adjacent to an activating group) is 1. The summed E-state index contributed by atoms with van der Waals surface area (Å²) in [6.45, 7) is 11.8. The van der Waals surface area contributed by atoms with Gasteiger partial charge < -0.3 is 19.6 Å². The Hall–Kier alpha value is -2.71. The van der Waals surface area contributed by atoms with Crippen molar-refractivity contribution in [1.82, 2.24) is 24.9 Å². The predicted molar refractivity (Wildman–Crippen MR) is 136 cm³/mol. The van der Waals surface area contributed by atoms with Crippen LogP contribution in [0.1, 0.15) is 27.2 Å². The van der Waals surface area contributed by atoms with Gasteiger partial charge in [0.1, 0.15) is 0 Å². The second kappa shape index (κ2) is 12.7. The second-order valence-electron chi connectivity index (χ2n) is 8.45. The normalized spacial score (nSPS) is 14.3. The molecule has 34 heavy (non-hydrogen) atoms. The van der Waals surface area contributed by atoms with Crippen molar-refractivity contribution in [2.75, 3.05) is 63.8 Å². The lowest BCUT2D eigenvalue weighted by Crippen LogP contribution is -2.46. The molecule has 8 nitrogen and oxygen atoms in total. The van der Waals surface area contributed by atoms with E-state index in [1.807, 2.05) is 41.3 Å². The Morgan fingerprint density at radius 2 is 1.74 bits per heavy atom. The van der Waals surface area contributed by atoms with E-state index in [1.165, 1.54) is 6.92 Å². The van der Waals surface area contributed by atoms with Gasteiger partial charge in [0.25, 0.3) is 0 Å². The minimum atomic E-state index is -0.0640. The Morgan fingerprint density at radius 3 is 2.38 bits per heavy atom. The van der Waals surface area contributed by atoms with Gasteiger partial charge in [-0.2, -0.15) is 0 Å². The van der Waals surface area contributed by atoms with Crippen molar-refractivity contribution in [3.05, 3.63) is 41.4 Å². The summed E-state index contributed by atoms with van der Waals surface area (Å²) in [5.74, 6) is 0.720. The number of benzene rings is 1. The SMILES string of the molecule is CCN(CC)CCN(CC(=O)N1CCCN(c2ccc(-c3ccccc3Cl)nn2)CC1)C(C)=O. The van der Waals surface area contributed by atoms with Crippen LogP contribution < -0.4 is 4.90 Å². The van der Waals surface area contributed by atoms with E-state index in [0.717, 1.165) is 49.7 Å². The monoisotopic (exact) mass is 486 g/mol. The number of carbonyl (C=O) groups excluding carboxylic acids is 2. The van der Waals surface area contributed by atoms with Crippen molar-refractivity contribution in [2.24, 2.45) is 0 Å². The first kappa shape index (κ1) is 25.9. The third-order valence-electron chi connectivity index (χ3n) is 6.32. The van der Waals surface area contributed by atoms with Gasteiger partial charge in [0.2, 0.25) is 11.8 Å².